The highest BCUT2D eigenvalue weighted by molar-refractivity contribution is 5.84. The first-order chi connectivity index (χ1) is 10.8. The van der Waals surface area contributed by atoms with Crippen molar-refractivity contribution in [3.05, 3.63) is 36.0 Å². The standard InChI is InChI=1S/C19H26N2O/c1-2-21-14-15(17-11-5-6-12-18(17)21)8-7-13-19(22)20-16-9-3-4-10-16/h5-6,11-12,14,16H,2-4,7-10,13H2,1H3,(H,20,22). The van der Waals surface area contributed by atoms with Crippen LogP contribution in [0.15, 0.2) is 30.5 Å². The Balaban J connectivity index is 1.56. The number of para-hydroxylation sites is 1. The second-order valence-electron chi connectivity index (χ2n) is 6.36. The van der Waals surface area contributed by atoms with Crippen LogP contribution in [0.5, 0.6) is 0 Å². The Hall–Kier alpha value is -1.77. The number of nitrogens with one attached hydrogen (secondary N) is 1. The molecule has 1 aromatic carbocycles. The lowest BCUT2D eigenvalue weighted by molar-refractivity contribution is -0.121. The van der Waals surface area contributed by atoms with Gasteiger partial charge in [0.1, 0.15) is 0 Å². The Morgan fingerprint density at radius 1 is 1.27 bits per heavy atom. The molecule has 2 aromatic rings. The van der Waals surface area contributed by atoms with E-state index in [1.54, 1.807) is 0 Å². The number of amides is 1. The van der Waals surface area contributed by atoms with Crippen LogP contribution in [0.4, 0.5) is 0 Å². The van der Waals surface area contributed by atoms with Gasteiger partial charge in [0.25, 0.3) is 0 Å². The summed E-state index contributed by atoms with van der Waals surface area (Å²) < 4.78 is 2.29. The van der Waals surface area contributed by atoms with E-state index < -0.39 is 0 Å². The van der Waals surface area contributed by atoms with Crippen LogP contribution < -0.4 is 5.32 Å². The number of rotatable bonds is 6. The molecular formula is C19H26N2O. The number of nitrogens with zero attached hydrogens (tertiary/aromatic N) is 1. The van der Waals surface area contributed by atoms with Gasteiger partial charge in [0.15, 0.2) is 0 Å². The van der Waals surface area contributed by atoms with Gasteiger partial charge in [0.2, 0.25) is 5.91 Å². The van der Waals surface area contributed by atoms with E-state index in [0.29, 0.717) is 12.5 Å². The third-order valence-corrected chi connectivity index (χ3v) is 4.78. The lowest BCUT2D eigenvalue weighted by atomic mass is 10.1. The van der Waals surface area contributed by atoms with Gasteiger partial charge < -0.3 is 9.88 Å². The van der Waals surface area contributed by atoms with Crippen LogP contribution in [0.1, 0.15) is 51.0 Å². The molecule has 3 rings (SSSR count). The van der Waals surface area contributed by atoms with Gasteiger partial charge in [-0.15, -0.1) is 0 Å². The van der Waals surface area contributed by atoms with E-state index in [1.807, 2.05) is 0 Å². The molecule has 22 heavy (non-hydrogen) atoms. The van der Waals surface area contributed by atoms with Gasteiger partial charge in [-0.25, -0.2) is 0 Å². The monoisotopic (exact) mass is 298 g/mol. The van der Waals surface area contributed by atoms with Crippen LogP contribution in [0.25, 0.3) is 10.9 Å². The zero-order valence-electron chi connectivity index (χ0n) is 13.5. The average molecular weight is 298 g/mol. The van der Waals surface area contributed by atoms with Crippen LogP contribution in [0, 0.1) is 0 Å². The highest BCUT2D eigenvalue weighted by atomic mass is 16.1. The number of benzene rings is 1. The minimum Gasteiger partial charge on any atom is -0.353 e. The lowest BCUT2D eigenvalue weighted by Gasteiger charge is -2.11. The molecule has 0 atom stereocenters. The summed E-state index contributed by atoms with van der Waals surface area (Å²) in [5.74, 6) is 0.228. The predicted molar refractivity (Wildman–Crippen MR) is 90.9 cm³/mol. The summed E-state index contributed by atoms with van der Waals surface area (Å²) >= 11 is 0. The summed E-state index contributed by atoms with van der Waals surface area (Å²) in [5, 5.41) is 4.51. The summed E-state index contributed by atoms with van der Waals surface area (Å²) in [6.07, 6.45) is 9.65. The van der Waals surface area contributed by atoms with Crippen molar-refractivity contribution in [1.29, 1.82) is 0 Å². The largest absolute Gasteiger partial charge is 0.353 e. The van der Waals surface area contributed by atoms with E-state index in [9.17, 15) is 4.79 Å². The van der Waals surface area contributed by atoms with Crippen molar-refractivity contribution in [1.82, 2.24) is 9.88 Å². The van der Waals surface area contributed by atoms with Gasteiger partial charge in [-0.2, -0.15) is 0 Å². The predicted octanol–water partition coefficient (Wildman–Crippen LogP) is 4.04. The maximum atomic E-state index is 12.0. The first-order valence-electron chi connectivity index (χ1n) is 8.64. The smallest absolute Gasteiger partial charge is 0.220 e. The fourth-order valence-electron chi connectivity index (χ4n) is 3.59. The summed E-state index contributed by atoms with van der Waals surface area (Å²) in [4.78, 5) is 12.0. The molecule has 1 heterocycles. The van der Waals surface area contributed by atoms with Crippen LogP contribution in [-0.4, -0.2) is 16.5 Å². The highest BCUT2D eigenvalue weighted by Gasteiger charge is 2.16. The fourth-order valence-corrected chi connectivity index (χ4v) is 3.59. The molecular weight excluding hydrogens is 272 g/mol. The molecule has 0 radical (unpaired) electrons. The Kier molecular flexibility index (Phi) is 4.81. The summed E-state index contributed by atoms with van der Waals surface area (Å²) in [6, 6.07) is 8.99. The van der Waals surface area contributed by atoms with Crippen molar-refractivity contribution >= 4 is 16.8 Å². The van der Waals surface area contributed by atoms with Gasteiger partial charge in [-0.05, 0) is 44.2 Å². The lowest BCUT2D eigenvalue weighted by Crippen LogP contribution is -2.32. The average Bonchev–Trinajstić information content (AvgIpc) is 3.15. The van der Waals surface area contributed by atoms with Gasteiger partial charge >= 0.3 is 0 Å². The van der Waals surface area contributed by atoms with E-state index in [1.165, 1.54) is 29.3 Å². The molecule has 118 valence electrons. The third-order valence-electron chi connectivity index (χ3n) is 4.78. The highest BCUT2D eigenvalue weighted by Crippen LogP contribution is 2.23. The van der Waals surface area contributed by atoms with E-state index in [2.05, 4.69) is 47.3 Å². The molecule has 1 saturated carbocycles. The number of hydrogen-bond acceptors (Lipinski definition) is 1. The minimum atomic E-state index is 0.228. The zero-order chi connectivity index (χ0) is 15.4. The van der Waals surface area contributed by atoms with Crippen molar-refractivity contribution in [2.75, 3.05) is 0 Å². The zero-order valence-corrected chi connectivity index (χ0v) is 13.5. The second-order valence-corrected chi connectivity index (χ2v) is 6.36. The molecule has 1 aliphatic rings. The fraction of sp³-hybridized carbons (Fsp3) is 0.526. The van der Waals surface area contributed by atoms with Crippen molar-refractivity contribution in [2.45, 2.75) is 64.5 Å². The van der Waals surface area contributed by atoms with Crippen LogP contribution in [0.2, 0.25) is 0 Å². The first kappa shape index (κ1) is 15.1. The number of aromatic nitrogens is 1. The SMILES string of the molecule is CCn1cc(CCCC(=O)NC2CCCC2)c2ccccc21. The molecule has 0 unspecified atom stereocenters. The van der Waals surface area contributed by atoms with E-state index in [4.69, 9.17) is 0 Å². The van der Waals surface area contributed by atoms with Crippen LogP contribution in [-0.2, 0) is 17.8 Å². The maximum Gasteiger partial charge on any atom is 0.220 e. The molecule has 1 amide bonds. The van der Waals surface area contributed by atoms with Crippen molar-refractivity contribution in [3.63, 3.8) is 0 Å². The molecule has 0 bridgehead atoms. The Morgan fingerprint density at radius 2 is 2.05 bits per heavy atom. The number of hydrogen-bond donors (Lipinski definition) is 1. The van der Waals surface area contributed by atoms with Crippen LogP contribution in [0.3, 0.4) is 0 Å². The maximum absolute atomic E-state index is 12.0. The van der Waals surface area contributed by atoms with E-state index in [0.717, 1.165) is 32.2 Å². The van der Waals surface area contributed by atoms with Gasteiger partial charge in [0, 0.05) is 36.1 Å². The molecule has 0 spiro atoms. The van der Waals surface area contributed by atoms with E-state index >= 15 is 0 Å². The van der Waals surface area contributed by atoms with Gasteiger partial charge in [-0.3, -0.25) is 4.79 Å². The summed E-state index contributed by atoms with van der Waals surface area (Å²) in [7, 11) is 0. The molecule has 0 saturated heterocycles. The van der Waals surface area contributed by atoms with Crippen molar-refractivity contribution in [2.24, 2.45) is 0 Å². The number of carbonyl (C=O) groups excluding carboxylic acids is 1. The first-order valence-corrected chi connectivity index (χ1v) is 8.64. The Morgan fingerprint density at radius 3 is 2.82 bits per heavy atom. The molecule has 1 aliphatic carbocycles. The second kappa shape index (κ2) is 6.99. The summed E-state index contributed by atoms with van der Waals surface area (Å²) in [6.45, 7) is 3.16. The molecule has 3 nitrogen and oxygen atoms in total. The molecule has 1 aromatic heterocycles. The van der Waals surface area contributed by atoms with Crippen LogP contribution >= 0.6 is 0 Å². The molecule has 0 aliphatic heterocycles. The third kappa shape index (κ3) is 3.34. The molecule has 1 N–H and O–H groups in total. The Labute approximate surface area is 132 Å². The minimum absolute atomic E-state index is 0.228. The number of carbonyl (C=O) groups is 1. The Bertz CT molecular complexity index is 638. The number of aryl methyl sites for hydroxylation is 2. The number of fused-ring (bicyclic) bond motifs is 1. The molecule has 1 fully saturated rings. The van der Waals surface area contributed by atoms with Gasteiger partial charge in [-0.1, -0.05) is 31.0 Å². The van der Waals surface area contributed by atoms with Gasteiger partial charge in [0.05, 0.1) is 0 Å². The quantitative estimate of drug-likeness (QED) is 0.858. The normalized spacial score (nSPS) is 15.5. The molecule has 3 heteroatoms. The topological polar surface area (TPSA) is 34.0 Å². The van der Waals surface area contributed by atoms with Crippen molar-refractivity contribution < 1.29 is 4.79 Å². The van der Waals surface area contributed by atoms with E-state index in [-0.39, 0.29) is 5.91 Å². The summed E-state index contributed by atoms with van der Waals surface area (Å²) in [5.41, 5.74) is 2.67. The van der Waals surface area contributed by atoms with Crippen molar-refractivity contribution in [3.8, 4) is 0 Å².